The second-order valence-electron chi connectivity index (χ2n) is 9.15. The predicted octanol–water partition coefficient (Wildman–Crippen LogP) is 10.1. The molecular formula is C28H51N. The quantitative estimate of drug-likeness (QED) is 0.165. The number of aromatic amines is 1. The van der Waals surface area contributed by atoms with Crippen LogP contribution in [0.25, 0.3) is 0 Å². The first kappa shape index (κ1) is 26.1. The van der Waals surface area contributed by atoms with Crippen LogP contribution in [0.3, 0.4) is 0 Å². The third-order valence-electron chi connectivity index (χ3n) is 6.42. The van der Waals surface area contributed by atoms with Crippen molar-refractivity contribution in [1.29, 1.82) is 0 Å². The van der Waals surface area contributed by atoms with E-state index >= 15 is 0 Å². The maximum absolute atomic E-state index is 3.47. The lowest BCUT2D eigenvalue weighted by atomic mass is 9.90. The Labute approximate surface area is 183 Å². The molecule has 0 aliphatic heterocycles. The van der Waals surface area contributed by atoms with Gasteiger partial charge in [-0.2, -0.15) is 0 Å². The number of hydrogen-bond donors (Lipinski definition) is 1. The molecule has 1 rings (SSSR count). The lowest BCUT2D eigenvalue weighted by Crippen LogP contribution is -2.02. The Balaban J connectivity index is 2.06. The van der Waals surface area contributed by atoms with Gasteiger partial charge in [0.25, 0.3) is 0 Å². The van der Waals surface area contributed by atoms with Gasteiger partial charge in [0.15, 0.2) is 0 Å². The second kappa shape index (κ2) is 19.0. The van der Waals surface area contributed by atoms with Crippen molar-refractivity contribution in [3.05, 3.63) is 35.7 Å². The van der Waals surface area contributed by atoms with Gasteiger partial charge in [0.1, 0.15) is 0 Å². The van der Waals surface area contributed by atoms with Crippen LogP contribution in [0.1, 0.15) is 148 Å². The van der Waals surface area contributed by atoms with Gasteiger partial charge < -0.3 is 4.98 Å². The van der Waals surface area contributed by atoms with Gasteiger partial charge in [0.2, 0.25) is 0 Å². The van der Waals surface area contributed by atoms with Crippen molar-refractivity contribution in [1.82, 2.24) is 4.98 Å². The van der Waals surface area contributed by atoms with E-state index in [4.69, 9.17) is 0 Å². The highest BCUT2D eigenvalue weighted by Crippen LogP contribution is 2.29. The van der Waals surface area contributed by atoms with Crippen LogP contribution >= 0.6 is 0 Å². The molecule has 1 nitrogen and oxygen atoms in total. The molecule has 1 aromatic rings. The summed E-state index contributed by atoms with van der Waals surface area (Å²) in [7, 11) is 0. The van der Waals surface area contributed by atoms with Gasteiger partial charge in [-0.3, -0.25) is 0 Å². The highest BCUT2D eigenvalue weighted by molar-refractivity contribution is 5.22. The molecule has 0 fully saturated rings. The maximum atomic E-state index is 3.47. The van der Waals surface area contributed by atoms with Crippen LogP contribution in [-0.4, -0.2) is 4.98 Å². The van der Waals surface area contributed by atoms with E-state index in [1.54, 1.807) is 5.57 Å². The Kier molecular flexibility index (Phi) is 17.1. The highest BCUT2D eigenvalue weighted by Gasteiger charge is 2.13. The van der Waals surface area contributed by atoms with Crippen LogP contribution in [0.15, 0.2) is 30.0 Å². The molecule has 29 heavy (non-hydrogen) atoms. The summed E-state index contributed by atoms with van der Waals surface area (Å²) in [5.74, 6) is 0.596. The van der Waals surface area contributed by atoms with Crippen LogP contribution in [0, 0.1) is 0 Å². The fourth-order valence-electron chi connectivity index (χ4n) is 4.41. The normalized spacial score (nSPS) is 13.1. The number of H-pyrrole nitrogens is 1. The van der Waals surface area contributed by atoms with Gasteiger partial charge >= 0.3 is 0 Å². The van der Waals surface area contributed by atoms with Crippen molar-refractivity contribution in [2.75, 3.05) is 0 Å². The minimum absolute atomic E-state index is 0.596. The van der Waals surface area contributed by atoms with Crippen LogP contribution in [0.5, 0.6) is 0 Å². The van der Waals surface area contributed by atoms with Crippen LogP contribution in [0.2, 0.25) is 0 Å². The van der Waals surface area contributed by atoms with E-state index in [1.807, 2.05) is 0 Å². The molecule has 1 N–H and O–H groups in total. The minimum Gasteiger partial charge on any atom is -0.364 e. The van der Waals surface area contributed by atoms with Gasteiger partial charge in [-0.25, -0.2) is 0 Å². The van der Waals surface area contributed by atoms with Crippen molar-refractivity contribution >= 4 is 0 Å². The van der Waals surface area contributed by atoms with Crippen molar-refractivity contribution in [2.45, 2.75) is 142 Å². The molecule has 0 spiro atoms. The topological polar surface area (TPSA) is 15.8 Å². The molecule has 1 atom stereocenters. The molecule has 0 aliphatic carbocycles. The zero-order chi connectivity index (χ0) is 21.0. The molecular weight excluding hydrogens is 350 g/mol. The van der Waals surface area contributed by atoms with Crippen molar-refractivity contribution in [3.63, 3.8) is 0 Å². The lowest BCUT2D eigenvalue weighted by Gasteiger charge is -2.17. The summed E-state index contributed by atoms with van der Waals surface area (Å²) < 4.78 is 0. The number of allylic oxidation sites excluding steroid dienone is 2. The Morgan fingerprint density at radius 3 is 1.76 bits per heavy atom. The molecule has 0 saturated heterocycles. The fraction of sp³-hybridized carbons (Fsp3) is 0.786. The number of unbranched alkanes of at least 4 members (excludes halogenated alkanes) is 15. The first-order chi connectivity index (χ1) is 14.3. The first-order valence-electron chi connectivity index (χ1n) is 13.1. The molecule has 0 bridgehead atoms. The molecule has 0 radical (unpaired) electrons. The molecule has 1 unspecified atom stereocenters. The fourth-order valence-corrected chi connectivity index (χ4v) is 4.41. The average Bonchev–Trinajstić information content (AvgIpc) is 3.25. The lowest BCUT2D eigenvalue weighted by molar-refractivity contribution is 0.525. The van der Waals surface area contributed by atoms with Crippen molar-refractivity contribution < 1.29 is 0 Å². The summed E-state index contributed by atoms with van der Waals surface area (Å²) in [5, 5.41) is 0. The third-order valence-corrected chi connectivity index (χ3v) is 6.42. The van der Waals surface area contributed by atoms with E-state index in [-0.39, 0.29) is 0 Å². The van der Waals surface area contributed by atoms with Gasteiger partial charge in [0, 0.05) is 17.8 Å². The Morgan fingerprint density at radius 1 is 0.759 bits per heavy atom. The summed E-state index contributed by atoms with van der Waals surface area (Å²) in [6.45, 7) is 6.91. The second-order valence-corrected chi connectivity index (χ2v) is 9.15. The van der Waals surface area contributed by atoms with E-state index in [9.17, 15) is 0 Å². The molecule has 0 saturated carbocycles. The monoisotopic (exact) mass is 401 g/mol. The van der Waals surface area contributed by atoms with E-state index < -0.39 is 0 Å². The van der Waals surface area contributed by atoms with Crippen LogP contribution in [0.4, 0.5) is 0 Å². The minimum atomic E-state index is 0.596. The summed E-state index contributed by atoms with van der Waals surface area (Å²) in [6, 6.07) is 4.42. The van der Waals surface area contributed by atoms with Crippen molar-refractivity contribution in [3.8, 4) is 0 Å². The van der Waals surface area contributed by atoms with E-state index in [0.29, 0.717) is 5.92 Å². The molecule has 1 heterocycles. The molecule has 0 aromatic carbocycles. The summed E-state index contributed by atoms with van der Waals surface area (Å²) in [6.07, 6.45) is 29.8. The Hall–Kier alpha value is -0.980. The number of aromatic nitrogens is 1. The predicted molar refractivity (Wildman–Crippen MR) is 132 cm³/mol. The zero-order valence-electron chi connectivity index (χ0n) is 20.1. The summed E-state index contributed by atoms with van der Waals surface area (Å²) >= 11 is 0. The number of hydrogen-bond acceptors (Lipinski definition) is 0. The summed E-state index contributed by atoms with van der Waals surface area (Å²) in [5.41, 5.74) is 2.97. The molecule has 168 valence electrons. The van der Waals surface area contributed by atoms with Gasteiger partial charge in [-0.1, -0.05) is 128 Å². The Bertz CT molecular complexity index is 471. The molecule has 0 aliphatic rings. The Morgan fingerprint density at radius 2 is 1.28 bits per heavy atom. The SMILES string of the molecule is CCCCC=C(C)C(CCCCCCCCCCCCCCCC)c1ccc[nH]1. The summed E-state index contributed by atoms with van der Waals surface area (Å²) in [4.78, 5) is 3.47. The zero-order valence-corrected chi connectivity index (χ0v) is 20.1. The highest BCUT2D eigenvalue weighted by atomic mass is 14.7. The number of rotatable bonds is 20. The van der Waals surface area contributed by atoms with Gasteiger partial charge in [-0.15, -0.1) is 0 Å². The molecule has 1 aromatic heterocycles. The maximum Gasteiger partial charge on any atom is 0.0219 e. The smallest absolute Gasteiger partial charge is 0.0219 e. The third kappa shape index (κ3) is 13.8. The van der Waals surface area contributed by atoms with Gasteiger partial charge in [0.05, 0.1) is 0 Å². The average molecular weight is 402 g/mol. The van der Waals surface area contributed by atoms with Gasteiger partial charge in [-0.05, 0) is 31.9 Å². The van der Waals surface area contributed by atoms with E-state index in [1.165, 1.54) is 121 Å². The van der Waals surface area contributed by atoms with Crippen LogP contribution in [-0.2, 0) is 0 Å². The van der Waals surface area contributed by atoms with Crippen LogP contribution < -0.4 is 0 Å². The standard InChI is InChI=1S/C28H51N/c1-4-6-8-9-10-11-12-13-14-15-16-17-18-20-23-27(28-24-21-25-29-28)26(3)22-19-7-5-2/h21-22,24-25,27,29H,4-20,23H2,1-3H3. The molecule has 0 amide bonds. The van der Waals surface area contributed by atoms with E-state index in [2.05, 4.69) is 50.2 Å². The van der Waals surface area contributed by atoms with E-state index in [0.717, 1.165) is 0 Å². The number of nitrogens with one attached hydrogen (secondary N) is 1. The first-order valence-corrected chi connectivity index (χ1v) is 13.1. The largest absolute Gasteiger partial charge is 0.364 e. The van der Waals surface area contributed by atoms with Crippen molar-refractivity contribution in [2.24, 2.45) is 0 Å². The molecule has 1 heteroatoms.